The highest BCUT2D eigenvalue weighted by molar-refractivity contribution is 6.04. The van der Waals surface area contributed by atoms with E-state index in [1.807, 2.05) is 18.2 Å². The average Bonchev–Trinajstić information content (AvgIpc) is 2.73. The molecule has 1 saturated heterocycles. The molecule has 3 N–H and O–H groups in total. The SMILES string of the molecule is CC(CC(=O)NCc1cccc(NC(=O)c2cccc(F)c2)c1)C1CCNCC1. The fourth-order valence-electron chi connectivity index (χ4n) is 3.74. The summed E-state index contributed by atoms with van der Waals surface area (Å²) < 4.78 is 13.3. The Hall–Kier alpha value is -2.73. The Morgan fingerprint density at radius 2 is 1.90 bits per heavy atom. The summed E-state index contributed by atoms with van der Waals surface area (Å²) in [5.41, 5.74) is 1.76. The Morgan fingerprint density at radius 1 is 1.14 bits per heavy atom. The van der Waals surface area contributed by atoms with Crippen molar-refractivity contribution in [2.45, 2.75) is 32.7 Å². The highest BCUT2D eigenvalue weighted by Crippen LogP contribution is 2.24. The molecule has 154 valence electrons. The predicted molar refractivity (Wildman–Crippen MR) is 112 cm³/mol. The van der Waals surface area contributed by atoms with Crippen LogP contribution in [-0.4, -0.2) is 24.9 Å². The zero-order valence-electron chi connectivity index (χ0n) is 16.7. The summed E-state index contributed by atoms with van der Waals surface area (Å²) in [6, 6.07) is 12.9. The zero-order valence-corrected chi connectivity index (χ0v) is 16.7. The smallest absolute Gasteiger partial charge is 0.255 e. The van der Waals surface area contributed by atoms with Crippen molar-refractivity contribution in [1.29, 1.82) is 0 Å². The molecule has 0 bridgehead atoms. The van der Waals surface area contributed by atoms with Crippen LogP contribution in [-0.2, 0) is 11.3 Å². The summed E-state index contributed by atoms with van der Waals surface area (Å²) in [7, 11) is 0. The zero-order chi connectivity index (χ0) is 20.6. The number of rotatable bonds is 7. The molecular weight excluding hydrogens is 369 g/mol. The topological polar surface area (TPSA) is 70.2 Å². The fraction of sp³-hybridized carbons (Fsp3) is 0.391. The van der Waals surface area contributed by atoms with E-state index in [4.69, 9.17) is 0 Å². The summed E-state index contributed by atoms with van der Waals surface area (Å²) in [4.78, 5) is 24.6. The van der Waals surface area contributed by atoms with Gasteiger partial charge in [0, 0.05) is 24.2 Å². The van der Waals surface area contributed by atoms with E-state index in [9.17, 15) is 14.0 Å². The lowest BCUT2D eigenvalue weighted by molar-refractivity contribution is -0.122. The standard InChI is InChI=1S/C23H28FN3O2/c1-16(18-8-10-25-11-9-18)12-22(28)26-15-17-4-2-7-21(13-17)27-23(29)19-5-3-6-20(24)14-19/h2-7,13-14,16,18,25H,8-12,15H2,1H3,(H,26,28)(H,27,29). The van der Waals surface area contributed by atoms with Gasteiger partial charge in [0.05, 0.1) is 0 Å². The maximum absolute atomic E-state index is 13.3. The number of nitrogens with one attached hydrogen (secondary N) is 3. The molecule has 1 fully saturated rings. The first-order valence-electron chi connectivity index (χ1n) is 10.1. The molecule has 1 heterocycles. The molecule has 2 aromatic rings. The Labute approximate surface area is 171 Å². The minimum absolute atomic E-state index is 0.0465. The molecule has 0 aromatic heterocycles. The molecule has 0 aliphatic carbocycles. The first-order valence-corrected chi connectivity index (χ1v) is 10.1. The Bertz CT molecular complexity index is 850. The molecule has 1 unspecified atom stereocenters. The molecule has 3 rings (SSSR count). The Kier molecular flexibility index (Phi) is 7.36. The van der Waals surface area contributed by atoms with Crippen molar-refractivity contribution >= 4 is 17.5 Å². The lowest BCUT2D eigenvalue weighted by atomic mass is 9.84. The third-order valence-corrected chi connectivity index (χ3v) is 5.46. The number of hydrogen-bond acceptors (Lipinski definition) is 3. The number of benzene rings is 2. The second kappa shape index (κ2) is 10.2. The molecular formula is C23H28FN3O2. The van der Waals surface area contributed by atoms with Crippen LogP contribution in [0.1, 0.15) is 42.1 Å². The van der Waals surface area contributed by atoms with Crippen LogP contribution < -0.4 is 16.0 Å². The van der Waals surface area contributed by atoms with E-state index < -0.39 is 5.82 Å². The van der Waals surface area contributed by atoms with Gasteiger partial charge < -0.3 is 16.0 Å². The number of anilines is 1. The number of piperidine rings is 1. The van der Waals surface area contributed by atoms with Crippen molar-refractivity contribution in [3.05, 3.63) is 65.5 Å². The maximum atomic E-state index is 13.3. The van der Waals surface area contributed by atoms with Gasteiger partial charge in [0.25, 0.3) is 5.91 Å². The van der Waals surface area contributed by atoms with Crippen LogP contribution >= 0.6 is 0 Å². The van der Waals surface area contributed by atoms with Gasteiger partial charge in [0.2, 0.25) is 5.91 Å². The average molecular weight is 397 g/mol. The summed E-state index contributed by atoms with van der Waals surface area (Å²) in [5, 5.41) is 9.09. The first-order chi connectivity index (χ1) is 14.0. The van der Waals surface area contributed by atoms with Crippen molar-refractivity contribution < 1.29 is 14.0 Å². The molecule has 1 aliphatic heterocycles. The lowest BCUT2D eigenvalue weighted by Gasteiger charge is -2.27. The third-order valence-electron chi connectivity index (χ3n) is 5.46. The maximum Gasteiger partial charge on any atom is 0.255 e. The van der Waals surface area contributed by atoms with Crippen molar-refractivity contribution in [1.82, 2.24) is 10.6 Å². The van der Waals surface area contributed by atoms with E-state index in [0.717, 1.165) is 31.5 Å². The van der Waals surface area contributed by atoms with Crippen LogP contribution in [0.5, 0.6) is 0 Å². The molecule has 0 radical (unpaired) electrons. The van der Waals surface area contributed by atoms with Crippen molar-refractivity contribution in [3.63, 3.8) is 0 Å². The number of carbonyl (C=O) groups is 2. The molecule has 29 heavy (non-hydrogen) atoms. The Balaban J connectivity index is 1.50. The van der Waals surface area contributed by atoms with Gasteiger partial charge in [0.15, 0.2) is 0 Å². The minimum atomic E-state index is -0.451. The number of hydrogen-bond donors (Lipinski definition) is 3. The van der Waals surface area contributed by atoms with Crippen LogP contribution in [0.4, 0.5) is 10.1 Å². The van der Waals surface area contributed by atoms with Gasteiger partial charge in [-0.3, -0.25) is 9.59 Å². The summed E-state index contributed by atoms with van der Waals surface area (Å²) in [6.45, 7) is 4.62. The van der Waals surface area contributed by atoms with Gasteiger partial charge in [-0.1, -0.05) is 25.1 Å². The van der Waals surface area contributed by atoms with Gasteiger partial charge in [-0.15, -0.1) is 0 Å². The largest absolute Gasteiger partial charge is 0.352 e. The monoisotopic (exact) mass is 397 g/mol. The number of halogens is 1. The van der Waals surface area contributed by atoms with E-state index in [0.29, 0.717) is 30.5 Å². The van der Waals surface area contributed by atoms with Gasteiger partial charge in [-0.05, 0) is 73.7 Å². The molecule has 2 amide bonds. The molecule has 0 saturated carbocycles. The van der Waals surface area contributed by atoms with Gasteiger partial charge in [-0.25, -0.2) is 4.39 Å². The molecule has 1 aliphatic rings. The highest BCUT2D eigenvalue weighted by Gasteiger charge is 2.21. The fourth-order valence-corrected chi connectivity index (χ4v) is 3.74. The van der Waals surface area contributed by atoms with Crippen LogP contribution in [0.15, 0.2) is 48.5 Å². The van der Waals surface area contributed by atoms with Crippen molar-refractivity contribution in [2.75, 3.05) is 18.4 Å². The second-order valence-corrected chi connectivity index (χ2v) is 7.71. The second-order valence-electron chi connectivity index (χ2n) is 7.71. The quantitative estimate of drug-likeness (QED) is 0.667. The van der Waals surface area contributed by atoms with Crippen LogP contribution in [0.25, 0.3) is 0 Å². The number of amides is 2. The van der Waals surface area contributed by atoms with Gasteiger partial charge >= 0.3 is 0 Å². The van der Waals surface area contributed by atoms with Crippen molar-refractivity contribution in [2.24, 2.45) is 11.8 Å². The van der Waals surface area contributed by atoms with E-state index in [2.05, 4.69) is 22.9 Å². The van der Waals surface area contributed by atoms with Crippen LogP contribution in [0.2, 0.25) is 0 Å². The van der Waals surface area contributed by atoms with Gasteiger partial charge in [0.1, 0.15) is 5.82 Å². The summed E-state index contributed by atoms with van der Waals surface area (Å²) in [6.07, 6.45) is 2.78. The normalized spacial score (nSPS) is 15.5. The first kappa shape index (κ1) is 21.0. The third kappa shape index (κ3) is 6.39. The summed E-state index contributed by atoms with van der Waals surface area (Å²) in [5.74, 6) is 0.192. The lowest BCUT2D eigenvalue weighted by Crippen LogP contribution is -2.33. The van der Waals surface area contributed by atoms with E-state index in [1.165, 1.54) is 18.2 Å². The number of carbonyl (C=O) groups excluding carboxylic acids is 2. The summed E-state index contributed by atoms with van der Waals surface area (Å²) >= 11 is 0. The Morgan fingerprint density at radius 3 is 2.66 bits per heavy atom. The molecule has 1 atom stereocenters. The predicted octanol–water partition coefficient (Wildman–Crippen LogP) is 3.72. The van der Waals surface area contributed by atoms with E-state index in [1.54, 1.807) is 12.1 Å². The highest BCUT2D eigenvalue weighted by atomic mass is 19.1. The molecule has 0 spiro atoms. The van der Waals surface area contributed by atoms with Crippen LogP contribution in [0.3, 0.4) is 0 Å². The molecule has 2 aromatic carbocycles. The van der Waals surface area contributed by atoms with E-state index in [-0.39, 0.29) is 17.4 Å². The van der Waals surface area contributed by atoms with E-state index >= 15 is 0 Å². The molecule has 6 heteroatoms. The van der Waals surface area contributed by atoms with Crippen molar-refractivity contribution in [3.8, 4) is 0 Å². The minimum Gasteiger partial charge on any atom is -0.352 e. The van der Waals surface area contributed by atoms with Crippen LogP contribution in [0, 0.1) is 17.7 Å². The molecule has 5 nitrogen and oxygen atoms in total. The van der Waals surface area contributed by atoms with Gasteiger partial charge in [-0.2, -0.15) is 0 Å².